The maximum atomic E-state index is 12.4. The molecular weight excluding hydrogens is 294 g/mol. The van der Waals surface area contributed by atoms with Crippen LogP contribution in [0.15, 0.2) is 23.1 Å². The lowest BCUT2D eigenvalue weighted by Crippen LogP contribution is -2.33. The van der Waals surface area contributed by atoms with Gasteiger partial charge in [0.15, 0.2) is 0 Å². The Balaban J connectivity index is 2.23. The fourth-order valence-electron chi connectivity index (χ4n) is 2.25. The Bertz CT molecular complexity index is 637. The molecule has 2 N–H and O–H groups in total. The third kappa shape index (κ3) is 3.95. The maximum absolute atomic E-state index is 12.4. The third-order valence-corrected chi connectivity index (χ3v) is 5.07. The maximum Gasteiger partial charge on any atom is 0.335 e. The van der Waals surface area contributed by atoms with Gasteiger partial charge in [0, 0.05) is 6.04 Å². The van der Waals surface area contributed by atoms with Crippen molar-refractivity contribution in [2.75, 3.05) is 7.11 Å². The van der Waals surface area contributed by atoms with Crippen LogP contribution in [0.2, 0.25) is 0 Å². The summed E-state index contributed by atoms with van der Waals surface area (Å²) >= 11 is 0. The highest BCUT2D eigenvalue weighted by Gasteiger charge is 2.27. The zero-order chi connectivity index (χ0) is 15.6. The number of hydrogen-bond acceptors (Lipinski definition) is 4. The Labute approximate surface area is 124 Å². The molecule has 2 rings (SSSR count). The average molecular weight is 313 g/mol. The lowest BCUT2D eigenvalue weighted by Gasteiger charge is -2.16. The number of ether oxygens (including phenoxy) is 1. The molecule has 0 bridgehead atoms. The number of rotatable bonds is 7. The molecule has 7 heteroatoms. The summed E-state index contributed by atoms with van der Waals surface area (Å²) in [6, 6.07) is 3.56. The van der Waals surface area contributed by atoms with Gasteiger partial charge in [-0.15, -0.1) is 0 Å². The van der Waals surface area contributed by atoms with Crippen LogP contribution in [0.5, 0.6) is 5.75 Å². The van der Waals surface area contributed by atoms with Gasteiger partial charge in [0.25, 0.3) is 0 Å². The van der Waals surface area contributed by atoms with Gasteiger partial charge in [0.1, 0.15) is 10.6 Å². The average Bonchev–Trinajstić information content (AvgIpc) is 3.20. The molecule has 1 aliphatic rings. The second kappa shape index (κ2) is 6.03. The summed E-state index contributed by atoms with van der Waals surface area (Å²) in [6.45, 7) is 1.83. The van der Waals surface area contributed by atoms with Crippen molar-refractivity contribution in [3.05, 3.63) is 23.8 Å². The number of hydrogen-bond donors (Lipinski definition) is 2. The van der Waals surface area contributed by atoms with E-state index in [0.29, 0.717) is 5.92 Å². The first-order chi connectivity index (χ1) is 9.83. The summed E-state index contributed by atoms with van der Waals surface area (Å²) < 4.78 is 32.4. The molecule has 0 aromatic heterocycles. The minimum absolute atomic E-state index is 0.0168. The number of methoxy groups -OCH3 is 1. The van der Waals surface area contributed by atoms with Crippen molar-refractivity contribution in [1.29, 1.82) is 0 Å². The first-order valence-corrected chi connectivity index (χ1v) is 8.25. The fourth-order valence-corrected chi connectivity index (χ4v) is 3.66. The zero-order valence-corrected chi connectivity index (χ0v) is 12.8. The van der Waals surface area contributed by atoms with Crippen molar-refractivity contribution in [2.24, 2.45) is 5.92 Å². The first kappa shape index (κ1) is 15.8. The van der Waals surface area contributed by atoms with Gasteiger partial charge >= 0.3 is 5.97 Å². The van der Waals surface area contributed by atoms with E-state index in [1.165, 1.54) is 25.3 Å². The van der Waals surface area contributed by atoms with Crippen molar-refractivity contribution in [3.63, 3.8) is 0 Å². The number of sulfonamides is 1. The van der Waals surface area contributed by atoms with E-state index in [4.69, 9.17) is 9.84 Å². The highest BCUT2D eigenvalue weighted by molar-refractivity contribution is 7.89. The number of carboxylic acids is 1. The monoisotopic (exact) mass is 313 g/mol. The van der Waals surface area contributed by atoms with E-state index in [0.717, 1.165) is 19.3 Å². The molecule has 1 aromatic rings. The Hall–Kier alpha value is -1.60. The molecule has 0 heterocycles. The Kier molecular flexibility index (Phi) is 4.53. The van der Waals surface area contributed by atoms with Crippen molar-refractivity contribution >= 4 is 16.0 Å². The molecule has 0 saturated heterocycles. The smallest absolute Gasteiger partial charge is 0.335 e. The Morgan fingerprint density at radius 3 is 2.67 bits per heavy atom. The molecule has 1 atom stereocenters. The molecule has 0 radical (unpaired) electrons. The molecule has 1 unspecified atom stereocenters. The van der Waals surface area contributed by atoms with Crippen LogP contribution in [-0.4, -0.2) is 32.6 Å². The number of benzene rings is 1. The molecule has 1 aliphatic carbocycles. The normalized spacial score (nSPS) is 16.5. The van der Waals surface area contributed by atoms with E-state index in [9.17, 15) is 13.2 Å². The van der Waals surface area contributed by atoms with Crippen LogP contribution in [0.25, 0.3) is 0 Å². The fraction of sp³-hybridized carbons (Fsp3) is 0.500. The Morgan fingerprint density at radius 2 is 2.14 bits per heavy atom. The summed E-state index contributed by atoms with van der Waals surface area (Å²) in [5, 5.41) is 8.93. The third-order valence-electron chi connectivity index (χ3n) is 3.44. The van der Waals surface area contributed by atoms with E-state index < -0.39 is 16.0 Å². The molecule has 21 heavy (non-hydrogen) atoms. The number of nitrogens with one attached hydrogen (secondary N) is 1. The van der Waals surface area contributed by atoms with Crippen LogP contribution >= 0.6 is 0 Å². The van der Waals surface area contributed by atoms with Gasteiger partial charge in [-0.25, -0.2) is 17.9 Å². The summed E-state index contributed by atoms with van der Waals surface area (Å²) in [7, 11) is -2.42. The van der Waals surface area contributed by atoms with Crippen molar-refractivity contribution in [1.82, 2.24) is 4.72 Å². The molecule has 0 amide bonds. The topological polar surface area (TPSA) is 92.7 Å². The predicted octanol–water partition coefficient (Wildman–Crippen LogP) is 1.86. The van der Waals surface area contributed by atoms with Gasteiger partial charge in [-0.1, -0.05) is 12.8 Å². The minimum Gasteiger partial charge on any atom is -0.495 e. The largest absolute Gasteiger partial charge is 0.495 e. The molecular formula is C14H19NO5S. The number of carboxylic acid groups (broad SMARTS) is 1. The highest BCUT2D eigenvalue weighted by Crippen LogP contribution is 2.34. The van der Waals surface area contributed by atoms with Crippen LogP contribution in [0.3, 0.4) is 0 Å². The molecule has 1 saturated carbocycles. The summed E-state index contributed by atoms with van der Waals surface area (Å²) in [5.41, 5.74) is -0.0168. The van der Waals surface area contributed by atoms with Gasteiger partial charge in [-0.2, -0.15) is 0 Å². The van der Waals surface area contributed by atoms with Crippen LogP contribution in [0, 0.1) is 5.92 Å². The van der Waals surface area contributed by atoms with Gasteiger partial charge in [-0.05, 0) is 37.5 Å². The van der Waals surface area contributed by atoms with E-state index in [1.54, 1.807) is 0 Å². The summed E-state index contributed by atoms with van der Waals surface area (Å²) in [5.74, 6) is -0.493. The zero-order valence-electron chi connectivity index (χ0n) is 12.0. The molecule has 1 fully saturated rings. The molecule has 0 spiro atoms. The van der Waals surface area contributed by atoms with Crippen LogP contribution in [0.4, 0.5) is 0 Å². The van der Waals surface area contributed by atoms with Gasteiger partial charge in [-0.3, -0.25) is 0 Å². The van der Waals surface area contributed by atoms with Crippen molar-refractivity contribution in [3.8, 4) is 5.75 Å². The highest BCUT2D eigenvalue weighted by atomic mass is 32.2. The number of aromatic carboxylic acids is 1. The van der Waals surface area contributed by atoms with E-state index in [1.807, 2.05) is 6.92 Å². The molecule has 1 aromatic carbocycles. The molecule has 0 aliphatic heterocycles. The second-order valence-electron chi connectivity index (χ2n) is 5.37. The summed E-state index contributed by atoms with van der Waals surface area (Å²) in [4.78, 5) is 10.9. The van der Waals surface area contributed by atoms with Crippen molar-refractivity contribution < 1.29 is 23.1 Å². The van der Waals surface area contributed by atoms with E-state index >= 15 is 0 Å². The second-order valence-corrected chi connectivity index (χ2v) is 7.05. The lowest BCUT2D eigenvalue weighted by molar-refractivity contribution is 0.0696. The van der Waals surface area contributed by atoms with Crippen LogP contribution in [0.1, 0.15) is 36.5 Å². The van der Waals surface area contributed by atoms with E-state index in [-0.39, 0.29) is 22.3 Å². The summed E-state index contributed by atoms with van der Waals surface area (Å²) in [6.07, 6.45) is 3.13. The van der Waals surface area contributed by atoms with Crippen LogP contribution in [-0.2, 0) is 10.0 Å². The first-order valence-electron chi connectivity index (χ1n) is 6.77. The SMILES string of the molecule is COc1cc(C(=O)O)ccc1S(=O)(=O)NC(C)CC1CC1. The van der Waals surface area contributed by atoms with Crippen LogP contribution < -0.4 is 9.46 Å². The Morgan fingerprint density at radius 1 is 1.48 bits per heavy atom. The van der Waals surface area contributed by atoms with Gasteiger partial charge < -0.3 is 9.84 Å². The minimum atomic E-state index is -3.73. The quantitative estimate of drug-likeness (QED) is 0.801. The number of carbonyl (C=O) groups is 1. The van der Waals surface area contributed by atoms with Gasteiger partial charge in [0.2, 0.25) is 10.0 Å². The van der Waals surface area contributed by atoms with E-state index in [2.05, 4.69) is 4.72 Å². The lowest BCUT2D eigenvalue weighted by atomic mass is 10.2. The standard InChI is InChI=1S/C14H19NO5S/c1-9(7-10-3-4-10)15-21(18,19)13-6-5-11(14(16)17)8-12(13)20-2/h5-6,8-10,15H,3-4,7H2,1-2H3,(H,16,17). The van der Waals surface area contributed by atoms with Gasteiger partial charge in [0.05, 0.1) is 12.7 Å². The van der Waals surface area contributed by atoms with Crippen molar-refractivity contribution in [2.45, 2.75) is 37.1 Å². The molecule has 116 valence electrons. The molecule has 6 nitrogen and oxygen atoms in total. The predicted molar refractivity (Wildman–Crippen MR) is 77.1 cm³/mol.